The highest BCUT2D eigenvalue weighted by Crippen LogP contribution is 2.37. The number of nitrogens with one attached hydrogen (secondary N) is 1. The molecule has 1 saturated heterocycles. The van der Waals surface area contributed by atoms with Gasteiger partial charge in [-0.1, -0.05) is 71.0 Å². The summed E-state index contributed by atoms with van der Waals surface area (Å²) in [5, 5.41) is 3.76. The van der Waals surface area contributed by atoms with E-state index in [2.05, 4.69) is 76.6 Å². The number of amides is 1. The van der Waals surface area contributed by atoms with Gasteiger partial charge in [-0.15, -0.1) is 6.58 Å². The van der Waals surface area contributed by atoms with Crippen molar-refractivity contribution in [1.82, 2.24) is 10.2 Å². The third kappa shape index (κ3) is 5.80. The molecule has 0 saturated carbocycles. The summed E-state index contributed by atoms with van der Waals surface area (Å²) in [4.78, 5) is 15.4. The monoisotopic (exact) mass is 416 g/mol. The highest BCUT2D eigenvalue weighted by Gasteiger charge is 2.44. The van der Waals surface area contributed by atoms with Crippen LogP contribution in [0.25, 0.3) is 0 Å². The average Bonchev–Trinajstić information content (AvgIpc) is 2.63. The summed E-state index contributed by atoms with van der Waals surface area (Å²) in [7, 11) is -1.91. The minimum Gasteiger partial charge on any atom is -0.415 e. The molecule has 1 aliphatic heterocycles. The lowest BCUT2D eigenvalue weighted by atomic mass is 9.90. The van der Waals surface area contributed by atoms with Gasteiger partial charge in [-0.2, -0.15) is 0 Å². The second-order valence-electron chi connectivity index (χ2n) is 10.1. The van der Waals surface area contributed by atoms with Crippen molar-refractivity contribution in [3.8, 4) is 0 Å². The zero-order chi connectivity index (χ0) is 21.8. The van der Waals surface area contributed by atoms with E-state index in [4.69, 9.17) is 4.43 Å². The van der Waals surface area contributed by atoms with Crippen LogP contribution in [-0.2, 0) is 15.8 Å². The lowest BCUT2D eigenvalue weighted by Crippen LogP contribution is -2.68. The van der Waals surface area contributed by atoms with E-state index in [1.807, 2.05) is 24.3 Å². The van der Waals surface area contributed by atoms with Crippen molar-refractivity contribution < 1.29 is 9.22 Å². The minimum absolute atomic E-state index is 0.0119. The highest BCUT2D eigenvalue weighted by molar-refractivity contribution is 6.74. The second-order valence-corrected chi connectivity index (χ2v) is 14.9. The lowest BCUT2D eigenvalue weighted by molar-refractivity contribution is -0.143. The van der Waals surface area contributed by atoms with E-state index >= 15 is 0 Å². The predicted octanol–water partition coefficient (Wildman–Crippen LogP) is 4.98. The Kier molecular flexibility index (Phi) is 7.88. The summed E-state index contributed by atoms with van der Waals surface area (Å²) < 4.78 is 6.61. The van der Waals surface area contributed by atoms with Gasteiger partial charge in [-0.05, 0) is 36.0 Å². The van der Waals surface area contributed by atoms with Crippen molar-refractivity contribution in [3.63, 3.8) is 0 Å². The minimum atomic E-state index is -1.91. The number of carbonyl (C=O) groups is 1. The van der Waals surface area contributed by atoms with Crippen molar-refractivity contribution in [2.45, 2.75) is 83.8 Å². The van der Waals surface area contributed by atoms with Crippen molar-refractivity contribution >= 4 is 14.2 Å². The van der Waals surface area contributed by atoms with Gasteiger partial charge in [0.15, 0.2) is 8.32 Å². The number of piperazine rings is 1. The number of benzene rings is 1. The zero-order valence-electron chi connectivity index (χ0n) is 19.4. The first-order chi connectivity index (χ1) is 13.5. The summed E-state index contributed by atoms with van der Waals surface area (Å²) in [6.45, 7) is 20.8. The predicted molar refractivity (Wildman–Crippen MR) is 124 cm³/mol. The quantitative estimate of drug-likeness (QED) is 0.480. The molecular weight excluding hydrogens is 376 g/mol. The van der Waals surface area contributed by atoms with Crippen LogP contribution >= 0.6 is 0 Å². The van der Waals surface area contributed by atoms with Gasteiger partial charge in [0.2, 0.25) is 5.91 Å². The average molecular weight is 417 g/mol. The Morgan fingerprint density at radius 1 is 1.24 bits per heavy atom. The summed E-state index contributed by atoms with van der Waals surface area (Å²) >= 11 is 0. The Hall–Kier alpha value is -1.43. The summed E-state index contributed by atoms with van der Waals surface area (Å²) in [5.41, 5.74) is 1.15. The van der Waals surface area contributed by atoms with E-state index in [-0.39, 0.29) is 29.1 Å². The fourth-order valence-corrected chi connectivity index (χ4v) is 4.64. The topological polar surface area (TPSA) is 41.6 Å². The Bertz CT molecular complexity index is 682. The summed E-state index contributed by atoms with van der Waals surface area (Å²) in [5.74, 6) is 0.538. The maximum Gasteiger partial charge on any atom is 0.240 e. The molecule has 1 aromatic rings. The van der Waals surface area contributed by atoms with Gasteiger partial charge in [-0.3, -0.25) is 4.79 Å². The van der Waals surface area contributed by atoms with Crippen LogP contribution < -0.4 is 5.32 Å². The maximum atomic E-state index is 13.4. The van der Waals surface area contributed by atoms with Gasteiger partial charge in [0, 0.05) is 12.6 Å². The van der Waals surface area contributed by atoms with E-state index in [9.17, 15) is 4.79 Å². The molecule has 1 amide bonds. The molecule has 3 atom stereocenters. The SMILES string of the molecule is C=CC[C@H]1N[C@H](C(C)C)[C@@H](CO[Si](C)(C)C(C)(C)C)N(Cc2ccccc2)C1=O. The third-order valence-corrected chi connectivity index (χ3v) is 11.0. The maximum absolute atomic E-state index is 13.4. The van der Waals surface area contributed by atoms with Gasteiger partial charge < -0.3 is 14.6 Å². The largest absolute Gasteiger partial charge is 0.415 e. The van der Waals surface area contributed by atoms with Gasteiger partial charge >= 0.3 is 0 Å². The molecule has 5 heteroatoms. The smallest absolute Gasteiger partial charge is 0.240 e. The van der Waals surface area contributed by atoms with Crippen LogP contribution in [-0.4, -0.2) is 43.9 Å². The molecular formula is C24H40N2O2Si. The zero-order valence-corrected chi connectivity index (χ0v) is 20.4. The van der Waals surface area contributed by atoms with Gasteiger partial charge in [0.05, 0.1) is 18.7 Å². The summed E-state index contributed by atoms with van der Waals surface area (Å²) in [6.07, 6.45) is 2.48. The van der Waals surface area contributed by atoms with Gasteiger partial charge in [0.25, 0.3) is 0 Å². The van der Waals surface area contributed by atoms with Crippen molar-refractivity contribution in [2.75, 3.05) is 6.61 Å². The molecule has 1 fully saturated rings. The first-order valence-corrected chi connectivity index (χ1v) is 13.7. The number of nitrogens with zero attached hydrogens (tertiary/aromatic N) is 1. The Morgan fingerprint density at radius 3 is 2.38 bits per heavy atom. The fraction of sp³-hybridized carbons (Fsp3) is 0.625. The summed E-state index contributed by atoms with van der Waals surface area (Å²) in [6, 6.07) is 10.2. The molecule has 29 heavy (non-hydrogen) atoms. The molecule has 2 rings (SSSR count). The fourth-order valence-electron chi connectivity index (χ4n) is 3.62. The molecule has 4 nitrogen and oxygen atoms in total. The normalized spacial score (nSPS) is 23.5. The second kappa shape index (κ2) is 9.58. The van der Waals surface area contributed by atoms with Crippen molar-refractivity contribution in [3.05, 3.63) is 48.6 Å². The Morgan fingerprint density at radius 2 is 1.86 bits per heavy atom. The third-order valence-electron chi connectivity index (χ3n) is 6.53. The van der Waals surface area contributed by atoms with Crippen molar-refractivity contribution in [2.24, 2.45) is 5.92 Å². The lowest BCUT2D eigenvalue weighted by Gasteiger charge is -2.48. The van der Waals surface area contributed by atoms with E-state index in [1.54, 1.807) is 0 Å². The Labute approximate surface area is 178 Å². The number of rotatable bonds is 8. The van der Waals surface area contributed by atoms with Crippen LogP contribution in [0.15, 0.2) is 43.0 Å². The first-order valence-electron chi connectivity index (χ1n) is 10.8. The van der Waals surface area contributed by atoms with Gasteiger partial charge in [0.1, 0.15) is 0 Å². The van der Waals surface area contributed by atoms with E-state index in [0.29, 0.717) is 25.5 Å². The highest BCUT2D eigenvalue weighted by atomic mass is 28.4. The van der Waals surface area contributed by atoms with E-state index < -0.39 is 8.32 Å². The van der Waals surface area contributed by atoms with Gasteiger partial charge in [-0.25, -0.2) is 0 Å². The van der Waals surface area contributed by atoms with Crippen LogP contribution in [0.1, 0.15) is 46.6 Å². The number of hydrogen-bond donors (Lipinski definition) is 1. The number of hydrogen-bond acceptors (Lipinski definition) is 3. The molecule has 1 aromatic carbocycles. The molecule has 1 heterocycles. The van der Waals surface area contributed by atoms with E-state index in [1.165, 1.54) is 0 Å². The molecule has 0 unspecified atom stereocenters. The molecule has 1 aliphatic rings. The molecule has 0 aliphatic carbocycles. The van der Waals surface area contributed by atoms with Crippen molar-refractivity contribution in [1.29, 1.82) is 0 Å². The Balaban J connectivity index is 2.34. The molecule has 1 N–H and O–H groups in total. The van der Waals surface area contributed by atoms with Crippen LogP contribution in [0.2, 0.25) is 18.1 Å². The molecule has 162 valence electrons. The van der Waals surface area contributed by atoms with Crippen LogP contribution in [0.5, 0.6) is 0 Å². The molecule has 0 aromatic heterocycles. The molecule has 0 spiro atoms. The molecule has 0 radical (unpaired) electrons. The first kappa shape index (κ1) is 23.8. The molecule has 0 bridgehead atoms. The standard InChI is InChI=1S/C24H40N2O2Si/c1-9-13-20-23(27)26(16-19-14-11-10-12-15-19)21(22(25-20)18(2)3)17-28-29(7,8)24(4,5)6/h9-12,14-15,18,20-22,25H,1,13,16-17H2,2-8H3/t20-,21-,22-/m1/s1. The number of carbonyl (C=O) groups excluding carboxylic acids is 1. The van der Waals surface area contributed by atoms with Crippen LogP contribution in [0.4, 0.5) is 0 Å². The van der Waals surface area contributed by atoms with Crippen LogP contribution in [0, 0.1) is 5.92 Å². The van der Waals surface area contributed by atoms with E-state index in [0.717, 1.165) is 5.56 Å². The van der Waals surface area contributed by atoms with Crippen LogP contribution in [0.3, 0.4) is 0 Å².